The van der Waals surface area contributed by atoms with Crippen molar-refractivity contribution in [2.45, 2.75) is 32.1 Å². The van der Waals surface area contributed by atoms with E-state index in [-0.39, 0.29) is 0 Å². The Labute approximate surface area is 126 Å². The molecule has 3 rings (SSSR count). The SMILES string of the molecule is Cc1ccccc1Cc1nc(N)c(I)c(C2CC2)n1. The molecule has 0 unspecified atom stereocenters. The number of halogens is 1. The summed E-state index contributed by atoms with van der Waals surface area (Å²) in [5, 5.41) is 0. The Morgan fingerprint density at radius 3 is 2.68 bits per heavy atom. The number of anilines is 1. The van der Waals surface area contributed by atoms with Crippen molar-refractivity contribution >= 4 is 28.4 Å². The number of hydrogen-bond donors (Lipinski definition) is 1. The number of nitrogen functional groups attached to an aromatic ring is 1. The van der Waals surface area contributed by atoms with E-state index in [1.54, 1.807) is 0 Å². The average Bonchev–Trinajstić information content (AvgIpc) is 3.20. The van der Waals surface area contributed by atoms with Crippen molar-refractivity contribution in [2.24, 2.45) is 0 Å². The molecule has 4 heteroatoms. The zero-order valence-corrected chi connectivity index (χ0v) is 13.0. The van der Waals surface area contributed by atoms with Crippen molar-refractivity contribution in [3.63, 3.8) is 0 Å². The summed E-state index contributed by atoms with van der Waals surface area (Å²) >= 11 is 2.26. The van der Waals surface area contributed by atoms with E-state index in [1.807, 2.05) is 0 Å². The lowest BCUT2D eigenvalue weighted by Gasteiger charge is -2.09. The molecule has 1 fully saturated rings. The van der Waals surface area contributed by atoms with Crippen LogP contribution in [0.25, 0.3) is 0 Å². The third kappa shape index (κ3) is 2.73. The van der Waals surface area contributed by atoms with Crippen molar-refractivity contribution in [1.29, 1.82) is 0 Å². The fraction of sp³-hybridized carbons (Fsp3) is 0.333. The first-order chi connectivity index (χ1) is 9.15. The summed E-state index contributed by atoms with van der Waals surface area (Å²) in [6.07, 6.45) is 3.22. The molecular formula is C15H16IN3. The van der Waals surface area contributed by atoms with E-state index in [9.17, 15) is 0 Å². The zero-order chi connectivity index (χ0) is 13.4. The fourth-order valence-corrected chi connectivity index (χ4v) is 2.90. The van der Waals surface area contributed by atoms with E-state index in [1.165, 1.54) is 24.0 Å². The van der Waals surface area contributed by atoms with Crippen LogP contribution in [0, 0.1) is 10.5 Å². The largest absolute Gasteiger partial charge is 0.383 e. The highest BCUT2D eigenvalue weighted by atomic mass is 127. The minimum absolute atomic E-state index is 0.604. The molecule has 0 saturated heterocycles. The number of nitrogens with two attached hydrogens (primary N) is 1. The molecule has 1 aromatic carbocycles. The topological polar surface area (TPSA) is 51.8 Å². The lowest BCUT2D eigenvalue weighted by atomic mass is 10.1. The van der Waals surface area contributed by atoms with Gasteiger partial charge in [-0.2, -0.15) is 0 Å². The van der Waals surface area contributed by atoms with Crippen LogP contribution >= 0.6 is 22.6 Å². The standard InChI is InChI=1S/C15H16IN3/c1-9-4-2-3-5-11(9)8-12-18-14(10-6-7-10)13(16)15(17)19-12/h2-5,10H,6-8H2,1H3,(H2,17,18,19). The maximum absolute atomic E-state index is 6.02. The highest BCUT2D eigenvalue weighted by molar-refractivity contribution is 14.1. The van der Waals surface area contributed by atoms with Crippen LogP contribution in [0.4, 0.5) is 5.82 Å². The molecule has 1 saturated carbocycles. The predicted octanol–water partition coefficient (Wildman–Crippen LogP) is 3.44. The van der Waals surface area contributed by atoms with Crippen LogP contribution in [0.15, 0.2) is 24.3 Å². The maximum Gasteiger partial charge on any atom is 0.140 e. The van der Waals surface area contributed by atoms with Gasteiger partial charge in [-0.05, 0) is 53.5 Å². The van der Waals surface area contributed by atoms with Crippen molar-refractivity contribution in [3.05, 3.63) is 50.5 Å². The van der Waals surface area contributed by atoms with Crippen LogP contribution in [0.2, 0.25) is 0 Å². The van der Waals surface area contributed by atoms with Gasteiger partial charge in [-0.3, -0.25) is 0 Å². The van der Waals surface area contributed by atoms with Gasteiger partial charge in [-0.15, -0.1) is 0 Å². The normalized spacial score (nSPS) is 14.6. The first-order valence-corrected chi connectivity index (χ1v) is 7.59. The molecule has 1 aliphatic rings. The second-order valence-electron chi connectivity index (χ2n) is 5.10. The first kappa shape index (κ1) is 12.8. The van der Waals surface area contributed by atoms with Crippen molar-refractivity contribution < 1.29 is 0 Å². The Morgan fingerprint density at radius 2 is 2.00 bits per heavy atom. The highest BCUT2D eigenvalue weighted by Gasteiger charge is 2.28. The summed E-state index contributed by atoms with van der Waals surface area (Å²) in [7, 11) is 0. The quantitative estimate of drug-likeness (QED) is 0.848. The van der Waals surface area contributed by atoms with E-state index < -0.39 is 0 Å². The van der Waals surface area contributed by atoms with Crippen molar-refractivity contribution in [2.75, 3.05) is 5.73 Å². The number of rotatable bonds is 3. The summed E-state index contributed by atoms with van der Waals surface area (Å²) in [5.41, 5.74) is 9.71. The molecule has 0 aliphatic heterocycles. The van der Waals surface area contributed by atoms with E-state index in [0.29, 0.717) is 11.7 Å². The van der Waals surface area contributed by atoms with E-state index in [0.717, 1.165) is 21.5 Å². The van der Waals surface area contributed by atoms with Crippen LogP contribution in [0.5, 0.6) is 0 Å². The number of aromatic nitrogens is 2. The first-order valence-electron chi connectivity index (χ1n) is 6.51. The number of nitrogens with zero attached hydrogens (tertiary/aromatic N) is 2. The molecule has 0 amide bonds. The number of aryl methyl sites for hydroxylation is 1. The monoisotopic (exact) mass is 365 g/mol. The third-order valence-corrected chi connectivity index (χ3v) is 4.63. The average molecular weight is 365 g/mol. The van der Waals surface area contributed by atoms with Gasteiger partial charge >= 0.3 is 0 Å². The van der Waals surface area contributed by atoms with E-state index in [4.69, 9.17) is 10.7 Å². The van der Waals surface area contributed by atoms with Crippen molar-refractivity contribution in [1.82, 2.24) is 9.97 Å². The summed E-state index contributed by atoms with van der Waals surface area (Å²) in [5.74, 6) is 2.07. The summed E-state index contributed by atoms with van der Waals surface area (Å²) in [4.78, 5) is 9.17. The van der Waals surface area contributed by atoms with Crippen LogP contribution in [0.1, 0.15) is 41.4 Å². The summed E-state index contributed by atoms with van der Waals surface area (Å²) in [6.45, 7) is 2.12. The molecular weight excluding hydrogens is 349 g/mol. The van der Waals surface area contributed by atoms with Gasteiger partial charge < -0.3 is 5.73 Å². The molecule has 19 heavy (non-hydrogen) atoms. The van der Waals surface area contributed by atoms with E-state index >= 15 is 0 Å². The van der Waals surface area contributed by atoms with Gasteiger partial charge in [-0.25, -0.2) is 9.97 Å². The zero-order valence-electron chi connectivity index (χ0n) is 10.9. The molecule has 0 atom stereocenters. The second-order valence-corrected chi connectivity index (χ2v) is 6.18. The van der Waals surface area contributed by atoms with Gasteiger partial charge in [0.25, 0.3) is 0 Å². The predicted molar refractivity (Wildman–Crippen MR) is 85.1 cm³/mol. The Hall–Kier alpha value is -1.17. The number of hydrogen-bond acceptors (Lipinski definition) is 3. The van der Waals surface area contributed by atoms with Gasteiger partial charge in [0.2, 0.25) is 0 Å². The highest BCUT2D eigenvalue weighted by Crippen LogP contribution is 2.41. The Kier molecular flexibility index (Phi) is 3.43. The molecule has 0 spiro atoms. The Bertz CT molecular complexity index is 621. The van der Waals surface area contributed by atoms with Crippen LogP contribution in [-0.4, -0.2) is 9.97 Å². The molecule has 1 aromatic heterocycles. The molecule has 0 bridgehead atoms. The van der Waals surface area contributed by atoms with Gasteiger partial charge in [0.15, 0.2) is 0 Å². The molecule has 0 radical (unpaired) electrons. The lowest BCUT2D eigenvalue weighted by molar-refractivity contribution is 0.891. The minimum atomic E-state index is 0.604. The van der Waals surface area contributed by atoms with Crippen LogP contribution in [-0.2, 0) is 6.42 Å². The van der Waals surface area contributed by atoms with Crippen LogP contribution < -0.4 is 5.73 Å². The summed E-state index contributed by atoms with van der Waals surface area (Å²) in [6, 6.07) is 8.36. The van der Waals surface area contributed by atoms with Gasteiger partial charge in [0, 0.05) is 12.3 Å². The molecule has 98 valence electrons. The maximum atomic E-state index is 6.02. The molecule has 3 nitrogen and oxygen atoms in total. The van der Waals surface area contributed by atoms with Crippen LogP contribution in [0.3, 0.4) is 0 Å². The van der Waals surface area contributed by atoms with Gasteiger partial charge in [0.05, 0.1) is 9.26 Å². The third-order valence-electron chi connectivity index (χ3n) is 3.52. The smallest absolute Gasteiger partial charge is 0.140 e. The van der Waals surface area contributed by atoms with Crippen molar-refractivity contribution in [3.8, 4) is 0 Å². The van der Waals surface area contributed by atoms with E-state index in [2.05, 4.69) is 58.8 Å². The lowest BCUT2D eigenvalue weighted by Crippen LogP contribution is -2.07. The molecule has 2 aromatic rings. The second kappa shape index (κ2) is 5.07. The summed E-state index contributed by atoms with van der Waals surface area (Å²) < 4.78 is 1.04. The Balaban J connectivity index is 1.95. The van der Waals surface area contributed by atoms with Gasteiger partial charge in [-0.1, -0.05) is 24.3 Å². The molecule has 2 N–H and O–H groups in total. The van der Waals surface area contributed by atoms with Gasteiger partial charge in [0.1, 0.15) is 11.6 Å². The molecule has 1 aliphatic carbocycles. The number of benzene rings is 1. The minimum Gasteiger partial charge on any atom is -0.383 e. The molecule has 1 heterocycles. The fourth-order valence-electron chi connectivity index (χ4n) is 2.22. The Morgan fingerprint density at radius 1 is 1.26 bits per heavy atom.